The summed E-state index contributed by atoms with van der Waals surface area (Å²) in [6.45, 7) is 6.09. The van der Waals surface area contributed by atoms with Crippen LogP contribution in [-0.2, 0) is 10.8 Å². The van der Waals surface area contributed by atoms with Crippen LogP contribution < -0.4 is 0 Å². The zero-order valence-electron chi connectivity index (χ0n) is 22.4. The second-order valence-corrected chi connectivity index (χ2v) is 13.6. The predicted molar refractivity (Wildman–Crippen MR) is 151 cm³/mol. The van der Waals surface area contributed by atoms with Crippen LogP contribution in [0.3, 0.4) is 0 Å². The number of piperidine rings is 2. The van der Waals surface area contributed by atoms with E-state index < -0.39 is 10.8 Å². The minimum Gasteiger partial charge on any atom is -0.321 e. The molecule has 4 fully saturated rings. The van der Waals surface area contributed by atoms with Gasteiger partial charge in [0.15, 0.2) is 5.82 Å². The molecule has 202 valence electrons. The maximum Gasteiger partial charge on any atom is 0.151 e. The highest BCUT2D eigenvalue weighted by Crippen LogP contribution is 2.43. The molecular weight excluding hydrogens is 495 g/mol. The van der Waals surface area contributed by atoms with Crippen molar-refractivity contribution in [2.24, 2.45) is 5.92 Å². The van der Waals surface area contributed by atoms with E-state index in [9.17, 15) is 4.21 Å². The van der Waals surface area contributed by atoms with E-state index in [2.05, 4.69) is 20.4 Å². The third kappa shape index (κ3) is 4.98. The SMILES string of the molecule is CS(=O)c1ccc(-c2nc3c(F)cc(C4CCN(C5CCN(CC6CC6)CC5)CC4)cc3n2C2CC2)cc1. The van der Waals surface area contributed by atoms with Gasteiger partial charge in [0.25, 0.3) is 0 Å². The Labute approximate surface area is 227 Å². The van der Waals surface area contributed by atoms with E-state index in [4.69, 9.17) is 4.98 Å². The lowest BCUT2D eigenvalue weighted by Crippen LogP contribution is -2.47. The molecule has 3 heterocycles. The van der Waals surface area contributed by atoms with Crippen molar-refractivity contribution in [2.45, 2.75) is 74.3 Å². The van der Waals surface area contributed by atoms with Crippen molar-refractivity contribution in [2.75, 3.05) is 39.0 Å². The Balaban J connectivity index is 1.08. The Morgan fingerprint density at radius 3 is 2.24 bits per heavy atom. The zero-order chi connectivity index (χ0) is 25.8. The third-order valence-electron chi connectivity index (χ3n) is 9.42. The van der Waals surface area contributed by atoms with E-state index >= 15 is 4.39 Å². The summed E-state index contributed by atoms with van der Waals surface area (Å²) in [6.07, 6.45) is 11.6. The van der Waals surface area contributed by atoms with Gasteiger partial charge < -0.3 is 14.4 Å². The molecule has 0 radical (unpaired) electrons. The molecule has 0 amide bonds. The molecule has 4 aliphatic rings. The van der Waals surface area contributed by atoms with E-state index in [1.54, 1.807) is 12.3 Å². The summed E-state index contributed by atoms with van der Waals surface area (Å²) in [6, 6.07) is 12.8. The lowest BCUT2D eigenvalue weighted by Gasteiger charge is -2.42. The molecule has 7 rings (SSSR count). The molecule has 1 aromatic heterocycles. The zero-order valence-corrected chi connectivity index (χ0v) is 23.3. The number of imidazole rings is 1. The van der Waals surface area contributed by atoms with E-state index in [1.165, 1.54) is 45.3 Å². The van der Waals surface area contributed by atoms with Crippen LogP contribution in [0.5, 0.6) is 0 Å². The van der Waals surface area contributed by atoms with Gasteiger partial charge in [-0.15, -0.1) is 0 Å². The highest BCUT2D eigenvalue weighted by Gasteiger charge is 2.33. The number of nitrogens with zero attached hydrogens (tertiary/aromatic N) is 4. The highest BCUT2D eigenvalue weighted by atomic mass is 32.2. The minimum absolute atomic E-state index is 0.199. The largest absolute Gasteiger partial charge is 0.321 e. The average Bonchev–Trinajstić information content (AvgIpc) is 3.88. The summed E-state index contributed by atoms with van der Waals surface area (Å²) < 4.78 is 29.6. The molecule has 2 saturated heterocycles. The first-order valence-corrected chi connectivity index (χ1v) is 16.2. The molecule has 2 aliphatic carbocycles. The van der Waals surface area contributed by atoms with Gasteiger partial charge in [-0.05, 0) is 119 Å². The van der Waals surface area contributed by atoms with Gasteiger partial charge in [0.2, 0.25) is 0 Å². The molecule has 38 heavy (non-hydrogen) atoms. The normalized spacial score (nSPS) is 23.3. The fourth-order valence-electron chi connectivity index (χ4n) is 6.84. The Morgan fingerprint density at radius 2 is 1.61 bits per heavy atom. The van der Waals surface area contributed by atoms with Crippen molar-refractivity contribution < 1.29 is 8.60 Å². The van der Waals surface area contributed by atoms with Gasteiger partial charge in [-0.2, -0.15) is 0 Å². The van der Waals surface area contributed by atoms with Gasteiger partial charge in [0.05, 0.1) is 5.52 Å². The summed E-state index contributed by atoms with van der Waals surface area (Å²) >= 11 is 0. The maximum absolute atomic E-state index is 15.5. The van der Waals surface area contributed by atoms with E-state index in [0.29, 0.717) is 17.5 Å². The summed E-state index contributed by atoms with van der Waals surface area (Å²) in [5, 5.41) is 0. The topological polar surface area (TPSA) is 41.4 Å². The predicted octanol–water partition coefficient (Wildman–Crippen LogP) is 5.97. The van der Waals surface area contributed by atoms with Crippen LogP contribution in [0, 0.1) is 11.7 Å². The first-order chi connectivity index (χ1) is 18.5. The number of hydrogen-bond acceptors (Lipinski definition) is 4. The molecule has 0 spiro atoms. The fourth-order valence-corrected chi connectivity index (χ4v) is 7.36. The van der Waals surface area contributed by atoms with Crippen LogP contribution in [0.4, 0.5) is 4.39 Å². The Bertz CT molecular complexity index is 1330. The fraction of sp³-hybridized carbons (Fsp3) is 0.581. The van der Waals surface area contributed by atoms with Crippen LogP contribution in [0.1, 0.15) is 68.9 Å². The molecule has 3 aromatic rings. The second-order valence-electron chi connectivity index (χ2n) is 12.2. The highest BCUT2D eigenvalue weighted by molar-refractivity contribution is 7.84. The summed E-state index contributed by atoms with van der Waals surface area (Å²) in [5.74, 6) is 2.02. The Morgan fingerprint density at radius 1 is 0.895 bits per heavy atom. The lowest BCUT2D eigenvalue weighted by molar-refractivity contribution is 0.0855. The van der Waals surface area contributed by atoms with Gasteiger partial charge in [-0.25, -0.2) is 9.37 Å². The molecular formula is C31H39FN4OS. The number of benzene rings is 2. The maximum atomic E-state index is 15.5. The molecule has 5 nitrogen and oxygen atoms in total. The second kappa shape index (κ2) is 10.1. The number of likely N-dealkylation sites (tertiary alicyclic amines) is 2. The van der Waals surface area contributed by atoms with Crippen molar-refractivity contribution in [1.82, 2.24) is 19.4 Å². The monoisotopic (exact) mass is 534 g/mol. The van der Waals surface area contributed by atoms with Crippen LogP contribution >= 0.6 is 0 Å². The van der Waals surface area contributed by atoms with E-state index in [1.807, 2.05) is 24.3 Å². The van der Waals surface area contributed by atoms with Crippen molar-refractivity contribution in [3.05, 3.63) is 47.8 Å². The molecule has 1 atom stereocenters. The Hall–Kier alpha value is -2.09. The number of rotatable bonds is 7. The summed E-state index contributed by atoms with van der Waals surface area (Å²) in [5.41, 5.74) is 3.51. The Kier molecular flexibility index (Phi) is 6.65. The standard InChI is InChI=1S/C31H39FN4OS/c1-38(37)27-8-4-23(5-9-27)31-33-30-28(32)18-24(19-29(30)36(31)26-6-7-26)22-10-16-35(17-11-22)25-12-14-34(15-13-25)20-21-2-3-21/h4-5,8-9,18-19,21-22,25-26H,2-3,6-7,10-17,20H2,1H3. The lowest BCUT2D eigenvalue weighted by atomic mass is 9.87. The van der Waals surface area contributed by atoms with Crippen LogP contribution in [-0.4, -0.2) is 68.6 Å². The van der Waals surface area contributed by atoms with Gasteiger partial charge in [0.1, 0.15) is 11.3 Å². The number of halogens is 1. The van der Waals surface area contributed by atoms with Crippen molar-refractivity contribution in [3.63, 3.8) is 0 Å². The van der Waals surface area contributed by atoms with Crippen LogP contribution in [0.25, 0.3) is 22.4 Å². The number of aromatic nitrogens is 2. The van der Waals surface area contributed by atoms with Crippen molar-refractivity contribution >= 4 is 21.8 Å². The number of fused-ring (bicyclic) bond motifs is 1. The van der Waals surface area contributed by atoms with Gasteiger partial charge in [-0.1, -0.05) is 12.1 Å². The molecule has 7 heteroatoms. The molecule has 0 N–H and O–H groups in total. The smallest absolute Gasteiger partial charge is 0.151 e. The van der Waals surface area contributed by atoms with Crippen LogP contribution in [0.15, 0.2) is 41.3 Å². The number of hydrogen-bond donors (Lipinski definition) is 0. The molecule has 2 aliphatic heterocycles. The summed E-state index contributed by atoms with van der Waals surface area (Å²) in [4.78, 5) is 11.0. The van der Waals surface area contributed by atoms with Gasteiger partial charge in [0, 0.05) is 46.1 Å². The van der Waals surface area contributed by atoms with Crippen LogP contribution in [0.2, 0.25) is 0 Å². The van der Waals surface area contributed by atoms with Crippen molar-refractivity contribution in [1.29, 1.82) is 0 Å². The first-order valence-electron chi connectivity index (χ1n) is 14.6. The average molecular weight is 535 g/mol. The third-order valence-corrected chi connectivity index (χ3v) is 10.4. The molecule has 2 saturated carbocycles. The van der Waals surface area contributed by atoms with Gasteiger partial charge >= 0.3 is 0 Å². The molecule has 0 bridgehead atoms. The van der Waals surface area contributed by atoms with E-state index in [0.717, 1.165) is 78.1 Å². The minimum atomic E-state index is -1.02. The molecule has 2 aromatic carbocycles. The summed E-state index contributed by atoms with van der Waals surface area (Å²) in [7, 11) is -1.02. The quantitative estimate of drug-likeness (QED) is 0.375. The first kappa shape index (κ1) is 24.9. The van der Waals surface area contributed by atoms with Gasteiger partial charge in [-0.3, -0.25) is 4.21 Å². The van der Waals surface area contributed by atoms with Crippen molar-refractivity contribution in [3.8, 4) is 11.4 Å². The van der Waals surface area contributed by atoms with E-state index in [-0.39, 0.29) is 5.82 Å². The molecule has 1 unspecified atom stereocenters.